The van der Waals surface area contributed by atoms with Crippen LogP contribution in [0.15, 0.2) is 29.4 Å². The number of benzene rings is 1. The molecule has 1 fully saturated rings. The Morgan fingerprint density at radius 1 is 1.13 bits per heavy atom. The van der Waals surface area contributed by atoms with Gasteiger partial charge in [-0.25, -0.2) is 0 Å². The van der Waals surface area contributed by atoms with Crippen LogP contribution in [-0.2, 0) is 16.0 Å². The highest BCUT2D eigenvalue weighted by Gasteiger charge is 2.44. The maximum absolute atomic E-state index is 12.7. The van der Waals surface area contributed by atoms with E-state index in [0.717, 1.165) is 16.7 Å². The van der Waals surface area contributed by atoms with Gasteiger partial charge in [-0.2, -0.15) is 0 Å². The zero-order chi connectivity index (χ0) is 16.9. The van der Waals surface area contributed by atoms with Crippen molar-refractivity contribution in [2.75, 3.05) is 0 Å². The highest BCUT2D eigenvalue weighted by molar-refractivity contribution is 6.22. The lowest BCUT2D eigenvalue weighted by molar-refractivity contribution is -0.137. The molecule has 120 valence electrons. The van der Waals surface area contributed by atoms with Crippen LogP contribution in [0.5, 0.6) is 5.75 Å². The minimum absolute atomic E-state index is 0.111. The second kappa shape index (κ2) is 5.46. The fourth-order valence-electron chi connectivity index (χ4n) is 3.53. The number of aliphatic hydroxyl groups excluding tert-OH is 1. The minimum Gasteiger partial charge on any atom is -0.508 e. The van der Waals surface area contributed by atoms with Crippen LogP contribution < -0.4 is 0 Å². The number of fused-ring (bicyclic) bond motifs is 2. The summed E-state index contributed by atoms with van der Waals surface area (Å²) < 4.78 is 0. The molecule has 4 nitrogen and oxygen atoms in total. The summed E-state index contributed by atoms with van der Waals surface area (Å²) in [6, 6.07) is 3.25. The average Bonchev–Trinajstić information content (AvgIpc) is 2.64. The van der Waals surface area contributed by atoms with Crippen LogP contribution in [0, 0.1) is 18.8 Å². The number of aliphatic hydroxyl groups is 1. The zero-order valence-corrected chi connectivity index (χ0v) is 13.5. The van der Waals surface area contributed by atoms with Gasteiger partial charge in [0.25, 0.3) is 0 Å². The normalized spacial score (nSPS) is 23.9. The largest absolute Gasteiger partial charge is 0.508 e. The van der Waals surface area contributed by atoms with Crippen LogP contribution in [0.25, 0.3) is 6.08 Å². The predicted octanol–water partition coefficient (Wildman–Crippen LogP) is 2.35. The molecule has 2 aliphatic rings. The van der Waals surface area contributed by atoms with E-state index in [4.69, 9.17) is 0 Å². The number of carbonyl (C=O) groups is 2. The van der Waals surface area contributed by atoms with Gasteiger partial charge in [0.15, 0.2) is 11.6 Å². The van der Waals surface area contributed by atoms with E-state index in [-0.39, 0.29) is 23.0 Å². The quantitative estimate of drug-likeness (QED) is 0.835. The molecular weight excluding hydrogens is 292 g/mol. The number of Topliss-reactive ketones (excluding diaryl/α,β-unsaturated/α-hetero) is 2. The highest BCUT2D eigenvalue weighted by atomic mass is 16.3. The van der Waals surface area contributed by atoms with E-state index in [1.165, 1.54) is 0 Å². The van der Waals surface area contributed by atoms with Gasteiger partial charge in [0, 0.05) is 11.1 Å². The fraction of sp³-hybridized carbons (Fsp3) is 0.368. The van der Waals surface area contributed by atoms with Crippen LogP contribution in [0.2, 0.25) is 0 Å². The van der Waals surface area contributed by atoms with E-state index < -0.39 is 17.8 Å². The summed E-state index contributed by atoms with van der Waals surface area (Å²) in [7, 11) is 0. The molecule has 1 aromatic carbocycles. The molecule has 0 saturated heterocycles. The van der Waals surface area contributed by atoms with E-state index >= 15 is 0 Å². The van der Waals surface area contributed by atoms with Crippen molar-refractivity contribution in [2.24, 2.45) is 11.8 Å². The lowest BCUT2D eigenvalue weighted by Crippen LogP contribution is -2.45. The Morgan fingerprint density at radius 2 is 1.83 bits per heavy atom. The van der Waals surface area contributed by atoms with Crippen molar-refractivity contribution >= 4 is 17.6 Å². The first-order chi connectivity index (χ1) is 10.8. The van der Waals surface area contributed by atoms with Crippen LogP contribution >= 0.6 is 0 Å². The first kappa shape index (κ1) is 15.7. The summed E-state index contributed by atoms with van der Waals surface area (Å²) in [5.41, 5.74) is 3.26. The van der Waals surface area contributed by atoms with Crippen molar-refractivity contribution in [1.82, 2.24) is 0 Å². The first-order valence-electron chi connectivity index (χ1n) is 7.82. The van der Waals surface area contributed by atoms with Crippen molar-refractivity contribution < 1.29 is 19.8 Å². The molecule has 0 bridgehead atoms. The molecule has 2 aliphatic carbocycles. The van der Waals surface area contributed by atoms with Crippen molar-refractivity contribution in [1.29, 1.82) is 0 Å². The van der Waals surface area contributed by atoms with E-state index in [0.29, 0.717) is 12.0 Å². The molecule has 0 aliphatic heterocycles. The van der Waals surface area contributed by atoms with Gasteiger partial charge in [0.1, 0.15) is 11.9 Å². The monoisotopic (exact) mass is 312 g/mol. The van der Waals surface area contributed by atoms with Crippen LogP contribution in [-0.4, -0.2) is 27.9 Å². The smallest absolute Gasteiger partial charge is 0.192 e. The topological polar surface area (TPSA) is 74.6 Å². The lowest BCUT2D eigenvalue weighted by Gasteiger charge is -2.31. The lowest BCUT2D eigenvalue weighted by atomic mass is 9.73. The molecule has 1 saturated carbocycles. The van der Waals surface area contributed by atoms with Gasteiger partial charge in [-0.3, -0.25) is 9.59 Å². The van der Waals surface area contributed by atoms with Gasteiger partial charge < -0.3 is 10.2 Å². The minimum atomic E-state index is -1.30. The Bertz CT molecular complexity index is 768. The fourth-order valence-corrected chi connectivity index (χ4v) is 3.53. The van der Waals surface area contributed by atoms with Gasteiger partial charge in [0.05, 0.1) is 5.92 Å². The Balaban J connectivity index is 2.18. The van der Waals surface area contributed by atoms with Crippen molar-refractivity contribution in [3.8, 4) is 5.75 Å². The number of ketones is 2. The number of aryl methyl sites for hydroxylation is 1. The van der Waals surface area contributed by atoms with Gasteiger partial charge in [-0.05, 0) is 54.2 Å². The van der Waals surface area contributed by atoms with Crippen LogP contribution in [0.4, 0.5) is 0 Å². The van der Waals surface area contributed by atoms with Gasteiger partial charge in [0.2, 0.25) is 0 Å². The van der Waals surface area contributed by atoms with Crippen molar-refractivity contribution in [2.45, 2.75) is 33.3 Å². The zero-order valence-electron chi connectivity index (χ0n) is 13.5. The maximum Gasteiger partial charge on any atom is 0.192 e. The van der Waals surface area contributed by atoms with Gasteiger partial charge in [-0.1, -0.05) is 19.9 Å². The molecule has 2 N–H and O–H groups in total. The molecule has 23 heavy (non-hydrogen) atoms. The molecule has 2 atom stereocenters. The number of allylic oxidation sites excluding steroid dienone is 2. The maximum atomic E-state index is 12.7. The SMILES string of the molecule is Cc1cc(O)cc2c1CC=C1C(=O)[C@H](C(C)C)[C@@H](O)C(=O)C1=C2. The molecule has 0 heterocycles. The third-order valence-corrected chi connectivity index (χ3v) is 4.75. The Kier molecular flexibility index (Phi) is 3.72. The molecule has 4 heteroatoms. The Labute approximate surface area is 135 Å². The van der Waals surface area contributed by atoms with E-state index in [1.807, 2.05) is 20.8 Å². The Hall–Kier alpha value is -2.20. The highest BCUT2D eigenvalue weighted by Crippen LogP contribution is 2.37. The number of hydrogen-bond acceptors (Lipinski definition) is 4. The second-order valence-corrected chi connectivity index (χ2v) is 6.65. The predicted molar refractivity (Wildman–Crippen MR) is 87.0 cm³/mol. The Morgan fingerprint density at radius 3 is 2.48 bits per heavy atom. The second-order valence-electron chi connectivity index (χ2n) is 6.65. The van der Waals surface area contributed by atoms with E-state index in [9.17, 15) is 19.8 Å². The number of phenols is 1. The van der Waals surface area contributed by atoms with Gasteiger partial charge in [-0.15, -0.1) is 0 Å². The number of carbonyl (C=O) groups excluding carboxylic acids is 2. The molecule has 0 aromatic heterocycles. The summed E-state index contributed by atoms with van der Waals surface area (Å²) in [6.07, 6.45) is 2.63. The number of hydrogen-bond donors (Lipinski definition) is 2. The average molecular weight is 312 g/mol. The van der Waals surface area contributed by atoms with Gasteiger partial charge >= 0.3 is 0 Å². The molecular formula is C19H20O4. The van der Waals surface area contributed by atoms with Crippen molar-refractivity contribution in [3.63, 3.8) is 0 Å². The summed E-state index contributed by atoms with van der Waals surface area (Å²) in [4.78, 5) is 25.3. The molecule has 0 spiro atoms. The summed E-state index contributed by atoms with van der Waals surface area (Å²) in [5.74, 6) is -1.27. The first-order valence-corrected chi connectivity index (χ1v) is 7.82. The van der Waals surface area contributed by atoms with E-state index in [2.05, 4.69) is 0 Å². The molecule has 0 amide bonds. The standard InChI is InChI=1S/C19H20O4/c1-9(2)16-17(21)14-5-4-13-10(3)6-12(20)7-11(13)8-15(14)18(22)19(16)23/h5-9,16,19-20,23H,4H2,1-3H3/t16-,19+/m0/s1. The molecule has 3 rings (SSSR count). The third kappa shape index (κ3) is 2.43. The number of rotatable bonds is 1. The molecule has 0 unspecified atom stereocenters. The summed E-state index contributed by atoms with van der Waals surface area (Å²) in [5, 5.41) is 20.1. The number of aromatic hydroxyl groups is 1. The van der Waals surface area contributed by atoms with Crippen LogP contribution in [0.1, 0.15) is 30.5 Å². The molecule has 0 radical (unpaired) electrons. The summed E-state index contributed by atoms with van der Waals surface area (Å²) >= 11 is 0. The number of phenolic OH excluding ortho intramolecular Hbond substituents is 1. The van der Waals surface area contributed by atoms with Crippen molar-refractivity contribution in [3.05, 3.63) is 46.0 Å². The third-order valence-electron chi connectivity index (χ3n) is 4.75. The van der Waals surface area contributed by atoms with E-state index in [1.54, 1.807) is 24.3 Å². The summed E-state index contributed by atoms with van der Waals surface area (Å²) in [6.45, 7) is 5.56. The molecule has 1 aromatic rings. The van der Waals surface area contributed by atoms with Crippen LogP contribution in [0.3, 0.4) is 0 Å².